The maximum atomic E-state index is 13.2. The molecule has 6 heteroatoms. The number of rotatable bonds is 4. The lowest BCUT2D eigenvalue weighted by Gasteiger charge is -2.08. The smallest absolute Gasteiger partial charge is 0.240 e. The van der Waals surface area contributed by atoms with Crippen molar-refractivity contribution in [1.29, 1.82) is 0 Å². The Kier molecular flexibility index (Phi) is 3.88. The van der Waals surface area contributed by atoms with Gasteiger partial charge in [0.15, 0.2) is 0 Å². The predicted molar refractivity (Wildman–Crippen MR) is 61.0 cm³/mol. The third-order valence-corrected chi connectivity index (χ3v) is 3.55. The average molecular weight is 246 g/mol. The number of nitrogens with two attached hydrogens (primary N) is 1. The van der Waals surface area contributed by atoms with Gasteiger partial charge in [0.1, 0.15) is 5.82 Å². The van der Waals surface area contributed by atoms with Crippen molar-refractivity contribution in [2.24, 2.45) is 0 Å². The summed E-state index contributed by atoms with van der Waals surface area (Å²) >= 11 is 0. The number of anilines is 1. The number of aryl methyl sites for hydroxylation is 1. The van der Waals surface area contributed by atoms with Crippen LogP contribution in [-0.4, -0.2) is 15.0 Å². The fourth-order valence-electron chi connectivity index (χ4n) is 1.24. The van der Waals surface area contributed by atoms with Gasteiger partial charge in [0.2, 0.25) is 10.0 Å². The molecule has 4 nitrogen and oxygen atoms in total. The third-order valence-electron chi connectivity index (χ3n) is 2.11. The summed E-state index contributed by atoms with van der Waals surface area (Å²) in [5.74, 6) is -0.575. The fourth-order valence-corrected chi connectivity index (χ4v) is 2.49. The molecule has 1 aromatic rings. The number of sulfonamides is 1. The maximum Gasteiger partial charge on any atom is 0.240 e. The van der Waals surface area contributed by atoms with Crippen molar-refractivity contribution in [2.75, 3.05) is 12.3 Å². The minimum Gasteiger partial charge on any atom is -0.396 e. The number of hydrogen-bond donors (Lipinski definition) is 2. The molecule has 0 bridgehead atoms. The summed E-state index contributed by atoms with van der Waals surface area (Å²) in [6.45, 7) is 3.68. The topological polar surface area (TPSA) is 72.2 Å². The SMILES string of the molecule is CCCNS(=O)(=O)c1cc(C)c(F)c(N)c1. The van der Waals surface area contributed by atoms with Crippen molar-refractivity contribution >= 4 is 15.7 Å². The van der Waals surface area contributed by atoms with E-state index in [9.17, 15) is 12.8 Å². The highest BCUT2D eigenvalue weighted by Crippen LogP contribution is 2.20. The molecule has 0 aliphatic heterocycles. The molecule has 3 N–H and O–H groups in total. The zero-order valence-electron chi connectivity index (χ0n) is 9.25. The normalized spacial score (nSPS) is 11.7. The number of hydrogen-bond acceptors (Lipinski definition) is 3. The number of halogens is 1. The Hall–Kier alpha value is -1.14. The van der Waals surface area contributed by atoms with Crippen LogP contribution in [0.3, 0.4) is 0 Å². The molecule has 0 spiro atoms. The van der Waals surface area contributed by atoms with Gasteiger partial charge in [-0.1, -0.05) is 6.92 Å². The first-order chi connectivity index (χ1) is 7.38. The van der Waals surface area contributed by atoms with E-state index in [0.29, 0.717) is 13.0 Å². The number of nitrogen functional groups attached to an aromatic ring is 1. The lowest BCUT2D eigenvalue weighted by Crippen LogP contribution is -2.24. The summed E-state index contributed by atoms with van der Waals surface area (Å²) in [6.07, 6.45) is 0.689. The highest BCUT2D eigenvalue weighted by molar-refractivity contribution is 7.89. The lowest BCUT2D eigenvalue weighted by molar-refractivity contribution is 0.579. The van der Waals surface area contributed by atoms with Gasteiger partial charge in [0.25, 0.3) is 0 Å². The molecule has 0 aliphatic rings. The first-order valence-electron chi connectivity index (χ1n) is 4.93. The van der Waals surface area contributed by atoms with Crippen LogP contribution in [0.15, 0.2) is 17.0 Å². The van der Waals surface area contributed by atoms with Crippen LogP contribution in [0.4, 0.5) is 10.1 Å². The molecule has 0 fully saturated rings. The highest BCUT2D eigenvalue weighted by atomic mass is 32.2. The third kappa shape index (κ3) is 2.70. The summed E-state index contributed by atoms with van der Waals surface area (Å²) in [4.78, 5) is -0.00245. The van der Waals surface area contributed by atoms with E-state index in [1.54, 1.807) is 0 Å². The quantitative estimate of drug-likeness (QED) is 0.789. The Bertz CT molecular complexity index is 463. The Labute approximate surface area is 94.7 Å². The molecule has 1 aromatic carbocycles. The van der Waals surface area contributed by atoms with Crippen molar-refractivity contribution in [3.05, 3.63) is 23.5 Å². The average Bonchev–Trinajstić information content (AvgIpc) is 2.22. The minimum atomic E-state index is -3.58. The van der Waals surface area contributed by atoms with E-state index in [1.807, 2.05) is 6.92 Å². The van der Waals surface area contributed by atoms with E-state index >= 15 is 0 Å². The Balaban J connectivity index is 3.14. The van der Waals surface area contributed by atoms with Crippen LogP contribution in [0, 0.1) is 12.7 Å². The van der Waals surface area contributed by atoms with Gasteiger partial charge in [-0.15, -0.1) is 0 Å². The second kappa shape index (κ2) is 4.80. The van der Waals surface area contributed by atoms with Crippen LogP contribution in [0.1, 0.15) is 18.9 Å². The molecule has 0 atom stereocenters. The van der Waals surface area contributed by atoms with Crippen LogP contribution in [0.5, 0.6) is 0 Å². The lowest BCUT2D eigenvalue weighted by atomic mass is 10.2. The van der Waals surface area contributed by atoms with Crippen LogP contribution < -0.4 is 10.5 Å². The van der Waals surface area contributed by atoms with Gasteiger partial charge in [-0.3, -0.25) is 0 Å². The fraction of sp³-hybridized carbons (Fsp3) is 0.400. The molecule has 0 radical (unpaired) electrons. The van der Waals surface area contributed by atoms with E-state index in [1.165, 1.54) is 13.0 Å². The van der Waals surface area contributed by atoms with Crippen molar-refractivity contribution < 1.29 is 12.8 Å². The van der Waals surface area contributed by atoms with Gasteiger partial charge >= 0.3 is 0 Å². The molecule has 90 valence electrons. The molecule has 1 rings (SSSR count). The van der Waals surface area contributed by atoms with E-state index in [-0.39, 0.29) is 16.1 Å². The largest absolute Gasteiger partial charge is 0.396 e. The molecule has 0 heterocycles. The highest BCUT2D eigenvalue weighted by Gasteiger charge is 2.16. The van der Waals surface area contributed by atoms with Crippen LogP contribution in [0.25, 0.3) is 0 Å². The summed E-state index contributed by atoms with van der Waals surface area (Å²) in [5, 5.41) is 0. The monoisotopic (exact) mass is 246 g/mol. The van der Waals surface area contributed by atoms with Crippen molar-refractivity contribution in [3.63, 3.8) is 0 Å². The molecular weight excluding hydrogens is 231 g/mol. The maximum absolute atomic E-state index is 13.2. The second-order valence-electron chi connectivity index (χ2n) is 3.54. The molecule has 0 aliphatic carbocycles. The van der Waals surface area contributed by atoms with Crippen LogP contribution in [0.2, 0.25) is 0 Å². The summed E-state index contributed by atoms with van der Waals surface area (Å²) in [5.41, 5.74) is 5.44. The summed E-state index contributed by atoms with van der Waals surface area (Å²) in [7, 11) is -3.58. The second-order valence-corrected chi connectivity index (χ2v) is 5.31. The van der Waals surface area contributed by atoms with E-state index in [0.717, 1.165) is 6.07 Å². The van der Waals surface area contributed by atoms with Gasteiger partial charge < -0.3 is 5.73 Å². The van der Waals surface area contributed by atoms with E-state index < -0.39 is 15.8 Å². The number of benzene rings is 1. The van der Waals surface area contributed by atoms with Crippen molar-refractivity contribution in [2.45, 2.75) is 25.2 Å². The molecular formula is C10H15FN2O2S. The zero-order chi connectivity index (χ0) is 12.3. The molecule has 16 heavy (non-hydrogen) atoms. The predicted octanol–water partition coefficient (Wildman–Crippen LogP) is 1.40. The van der Waals surface area contributed by atoms with Gasteiger partial charge in [0, 0.05) is 6.54 Å². The Morgan fingerprint density at radius 3 is 2.56 bits per heavy atom. The molecule has 0 aromatic heterocycles. The summed E-state index contributed by atoms with van der Waals surface area (Å²) in [6, 6.07) is 2.39. The molecule has 0 saturated heterocycles. The minimum absolute atomic E-state index is 0.00245. The summed E-state index contributed by atoms with van der Waals surface area (Å²) < 4.78 is 39.0. The first-order valence-corrected chi connectivity index (χ1v) is 6.42. The molecule has 0 amide bonds. The van der Waals surface area contributed by atoms with Gasteiger partial charge in [-0.25, -0.2) is 17.5 Å². The zero-order valence-corrected chi connectivity index (χ0v) is 10.1. The van der Waals surface area contributed by atoms with Crippen molar-refractivity contribution in [3.8, 4) is 0 Å². The molecule has 0 unspecified atom stereocenters. The van der Waals surface area contributed by atoms with Gasteiger partial charge in [0.05, 0.1) is 10.6 Å². The van der Waals surface area contributed by atoms with Gasteiger partial charge in [-0.05, 0) is 31.0 Å². The Morgan fingerprint density at radius 1 is 1.44 bits per heavy atom. The van der Waals surface area contributed by atoms with Gasteiger partial charge in [-0.2, -0.15) is 0 Å². The first kappa shape index (κ1) is 12.9. The standard InChI is InChI=1S/C10H15FN2O2S/c1-3-4-13-16(14,15)8-5-7(2)10(11)9(12)6-8/h5-6,13H,3-4,12H2,1-2H3. The van der Waals surface area contributed by atoms with E-state index in [2.05, 4.69) is 4.72 Å². The van der Waals surface area contributed by atoms with Crippen molar-refractivity contribution in [1.82, 2.24) is 4.72 Å². The number of nitrogens with one attached hydrogen (secondary N) is 1. The van der Waals surface area contributed by atoms with Crippen LogP contribution >= 0.6 is 0 Å². The molecule has 0 saturated carbocycles. The van der Waals surface area contributed by atoms with E-state index in [4.69, 9.17) is 5.73 Å². The Morgan fingerprint density at radius 2 is 2.06 bits per heavy atom. The van der Waals surface area contributed by atoms with Crippen LogP contribution in [-0.2, 0) is 10.0 Å².